The van der Waals surface area contributed by atoms with Gasteiger partial charge in [-0.3, -0.25) is 9.59 Å². The highest BCUT2D eigenvalue weighted by Gasteiger charge is 2.23. The Hall–Kier alpha value is -1.04. The fraction of sp³-hybridized carbons (Fsp3) is 0.949. The van der Waals surface area contributed by atoms with Crippen molar-refractivity contribution in [2.24, 2.45) is 0 Å². The molecule has 0 heterocycles. The molecule has 0 aromatic rings. The van der Waals surface area contributed by atoms with E-state index in [1.54, 1.807) is 0 Å². The van der Waals surface area contributed by atoms with Gasteiger partial charge in [0.25, 0.3) is 0 Å². The first-order valence-corrected chi connectivity index (χ1v) is 21.3. The van der Waals surface area contributed by atoms with Crippen LogP contribution in [0.2, 0.25) is 0 Å². The lowest BCUT2D eigenvalue weighted by Gasteiger charge is -2.15. The number of hydrogen-bond donors (Lipinski definition) is 1. The smallest absolute Gasteiger partial charge is 0.462 e. The minimum Gasteiger partial charge on any atom is -0.462 e. The summed E-state index contributed by atoms with van der Waals surface area (Å²) < 4.78 is 26.5. The third-order valence-corrected chi connectivity index (χ3v) is 9.44. The maximum Gasteiger partial charge on any atom is 0.694 e. The van der Waals surface area contributed by atoms with Gasteiger partial charge in [-0.1, -0.05) is 194 Å². The molecule has 7 nitrogen and oxygen atoms in total. The second kappa shape index (κ2) is 37.8. The Morgan fingerprint density at radius 2 is 0.766 bits per heavy atom. The Labute approximate surface area is 291 Å². The van der Waals surface area contributed by atoms with Crippen molar-refractivity contribution in [2.45, 2.75) is 225 Å². The lowest BCUT2D eigenvalue weighted by molar-refractivity contribution is -0.161. The predicted octanol–water partition coefficient (Wildman–Crippen LogP) is 12.6. The molecule has 0 fully saturated rings. The van der Waals surface area contributed by atoms with Crippen molar-refractivity contribution in [3.63, 3.8) is 0 Å². The second-order valence-electron chi connectivity index (χ2n) is 13.7. The van der Waals surface area contributed by atoms with Crippen LogP contribution in [0.5, 0.6) is 0 Å². The van der Waals surface area contributed by atoms with Gasteiger partial charge in [-0.25, -0.2) is 0 Å². The molecule has 8 heteroatoms. The molecule has 1 N–H and O–H groups in total. The van der Waals surface area contributed by atoms with E-state index in [1.165, 1.54) is 154 Å². The van der Waals surface area contributed by atoms with E-state index in [1.807, 2.05) is 0 Å². The van der Waals surface area contributed by atoms with Crippen molar-refractivity contribution in [3.05, 3.63) is 0 Å². The van der Waals surface area contributed by atoms with Crippen LogP contribution in [-0.2, 0) is 28.2 Å². The van der Waals surface area contributed by atoms with Crippen LogP contribution in [0.4, 0.5) is 0 Å². The summed E-state index contributed by atoms with van der Waals surface area (Å²) in [5.74, 6) is -0.726. The molecule has 1 unspecified atom stereocenters. The summed E-state index contributed by atoms with van der Waals surface area (Å²) in [5, 5.41) is 0. The van der Waals surface area contributed by atoms with Gasteiger partial charge in [0.1, 0.15) is 13.2 Å². The third-order valence-electron chi connectivity index (χ3n) is 9.07. The summed E-state index contributed by atoms with van der Waals surface area (Å²) in [6, 6.07) is 0. The van der Waals surface area contributed by atoms with E-state index in [2.05, 4.69) is 13.8 Å². The minimum absolute atomic E-state index is 0.161. The standard InChI is InChI=1S/C39H75O7P/c1-3-5-7-9-11-13-15-17-19-21-23-25-27-29-31-33-38(40)44-35-37(36-45-47(42)43)46-39(41)34-32-30-28-26-24-22-20-18-16-14-12-10-8-6-4-2/h37H,3-36H2,1-2H3/p+1/t37-/m0/s1. The van der Waals surface area contributed by atoms with Crippen molar-refractivity contribution in [3.8, 4) is 0 Å². The molecule has 0 amide bonds. The van der Waals surface area contributed by atoms with Crippen molar-refractivity contribution in [2.75, 3.05) is 13.2 Å². The van der Waals surface area contributed by atoms with Gasteiger partial charge in [0.05, 0.1) is 0 Å². The molecule has 0 aliphatic rings. The lowest BCUT2D eigenvalue weighted by Crippen LogP contribution is -2.29. The molecule has 0 aromatic heterocycles. The van der Waals surface area contributed by atoms with Crippen molar-refractivity contribution in [1.82, 2.24) is 0 Å². The van der Waals surface area contributed by atoms with E-state index in [0.29, 0.717) is 6.42 Å². The quantitative estimate of drug-likeness (QED) is 0.0392. The number of ether oxygens (including phenoxy) is 2. The SMILES string of the molecule is CCCCCCCCCCCCCCCCCC(=O)OC[C@@H](CO[P+](=O)O)OC(=O)CCCCCCCCCCCCCCCCC. The molecule has 0 aromatic carbocycles. The molecule has 0 aliphatic carbocycles. The molecule has 0 bridgehead atoms. The fourth-order valence-electron chi connectivity index (χ4n) is 6.05. The zero-order valence-corrected chi connectivity index (χ0v) is 31.9. The van der Waals surface area contributed by atoms with Gasteiger partial charge in [0.15, 0.2) is 6.10 Å². The van der Waals surface area contributed by atoms with Crippen molar-refractivity contribution < 1.29 is 33.0 Å². The van der Waals surface area contributed by atoms with Crippen LogP contribution < -0.4 is 0 Å². The number of carbonyl (C=O) groups excluding carboxylic acids is 2. The summed E-state index contributed by atoms with van der Waals surface area (Å²) in [6.07, 6.45) is 37.6. The highest BCUT2D eigenvalue weighted by atomic mass is 31.1. The van der Waals surface area contributed by atoms with Crippen LogP contribution in [0, 0.1) is 0 Å². The van der Waals surface area contributed by atoms with Crippen LogP contribution in [0.3, 0.4) is 0 Å². The molecular weight excluding hydrogens is 611 g/mol. The monoisotopic (exact) mass is 688 g/mol. The molecule has 2 atom stereocenters. The van der Waals surface area contributed by atoms with Crippen LogP contribution in [-0.4, -0.2) is 36.1 Å². The number of rotatable bonds is 38. The molecule has 0 saturated heterocycles. The average molecular weight is 688 g/mol. The average Bonchev–Trinajstić information content (AvgIpc) is 3.05. The lowest BCUT2D eigenvalue weighted by atomic mass is 10.0. The highest BCUT2D eigenvalue weighted by molar-refractivity contribution is 7.32. The topological polar surface area (TPSA) is 99.1 Å². The van der Waals surface area contributed by atoms with E-state index in [-0.39, 0.29) is 31.6 Å². The number of unbranched alkanes of at least 4 members (excludes halogenated alkanes) is 28. The first-order chi connectivity index (χ1) is 23.0. The Morgan fingerprint density at radius 3 is 1.09 bits per heavy atom. The van der Waals surface area contributed by atoms with Crippen molar-refractivity contribution in [1.29, 1.82) is 0 Å². The molecule has 47 heavy (non-hydrogen) atoms. The maximum absolute atomic E-state index is 12.4. The van der Waals surface area contributed by atoms with E-state index in [9.17, 15) is 14.2 Å². The zero-order chi connectivity index (χ0) is 34.5. The van der Waals surface area contributed by atoms with E-state index < -0.39 is 14.4 Å². The third kappa shape index (κ3) is 37.6. The van der Waals surface area contributed by atoms with Gasteiger partial charge >= 0.3 is 20.2 Å². The summed E-state index contributed by atoms with van der Waals surface area (Å²) in [7, 11) is -2.82. The Bertz CT molecular complexity index is 703. The zero-order valence-electron chi connectivity index (χ0n) is 31.0. The van der Waals surface area contributed by atoms with Crippen LogP contribution in [0.1, 0.15) is 219 Å². The molecular formula is C39H76O7P+. The largest absolute Gasteiger partial charge is 0.694 e. The number of carbonyl (C=O) groups is 2. The number of esters is 2. The van der Waals surface area contributed by atoms with Gasteiger partial charge in [0.2, 0.25) is 0 Å². The normalized spacial score (nSPS) is 12.3. The number of hydrogen-bond acceptors (Lipinski definition) is 6. The van der Waals surface area contributed by atoms with Gasteiger partial charge in [-0.15, -0.1) is 9.42 Å². The van der Waals surface area contributed by atoms with E-state index >= 15 is 0 Å². The molecule has 0 saturated carbocycles. The highest BCUT2D eigenvalue weighted by Crippen LogP contribution is 2.18. The van der Waals surface area contributed by atoms with Crippen LogP contribution >= 0.6 is 8.25 Å². The fourth-order valence-corrected chi connectivity index (χ4v) is 6.34. The summed E-state index contributed by atoms with van der Waals surface area (Å²) in [4.78, 5) is 33.6. The van der Waals surface area contributed by atoms with Gasteiger partial charge in [-0.2, -0.15) is 0 Å². The summed E-state index contributed by atoms with van der Waals surface area (Å²) >= 11 is 0. The molecule has 0 spiro atoms. The van der Waals surface area contributed by atoms with Crippen molar-refractivity contribution >= 4 is 20.2 Å². The first-order valence-electron chi connectivity index (χ1n) is 20.1. The maximum atomic E-state index is 12.4. The van der Waals surface area contributed by atoms with Crippen LogP contribution in [0.25, 0.3) is 0 Å². The van der Waals surface area contributed by atoms with E-state index in [0.717, 1.165) is 38.5 Å². The van der Waals surface area contributed by atoms with Crippen LogP contribution in [0.15, 0.2) is 0 Å². The molecule has 0 radical (unpaired) electrons. The molecule has 0 aliphatic heterocycles. The van der Waals surface area contributed by atoms with Gasteiger partial charge in [-0.05, 0) is 12.8 Å². The molecule has 278 valence electrons. The second-order valence-corrected chi connectivity index (χ2v) is 14.5. The Kier molecular flexibility index (Phi) is 36.9. The molecule has 0 rings (SSSR count). The Balaban J connectivity index is 3.78. The minimum atomic E-state index is -2.82. The first kappa shape index (κ1) is 46.0. The van der Waals surface area contributed by atoms with E-state index in [4.69, 9.17) is 18.9 Å². The van der Waals surface area contributed by atoms with Gasteiger partial charge < -0.3 is 9.47 Å². The predicted molar refractivity (Wildman–Crippen MR) is 196 cm³/mol. The summed E-state index contributed by atoms with van der Waals surface area (Å²) in [5.41, 5.74) is 0. The Morgan fingerprint density at radius 1 is 0.468 bits per heavy atom. The van der Waals surface area contributed by atoms with Gasteiger partial charge in [0, 0.05) is 17.4 Å². The summed E-state index contributed by atoms with van der Waals surface area (Å²) in [6.45, 7) is 4.09.